The van der Waals surface area contributed by atoms with Crippen LogP contribution in [0.15, 0.2) is 30.6 Å². The maximum absolute atomic E-state index is 12.0. The van der Waals surface area contributed by atoms with Gasteiger partial charge in [-0.25, -0.2) is 4.68 Å². The lowest BCUT2D eigenvalue weighted by atomic mass is 10.0. The monoisotopic (exact) mass is 298 g/mol. The van der Waals surface area contributed by atoms with E-state index >= 15 is 0 Å². The summed E-state index contributed by atoms with van der Waals surface area (Å²) in [6.07, 6.45) is 2.40. The van der Waals surface area contributed by atoms with Crippen molar-refractivity contribution in [2.24, 2.45) is 5.92 Å². The van der Waals surface area contributed by atoms with Crippen molar-refractivity contribution in [1.82, 2.24) is 25.5 Å². The number of benzene rings is 1. The summed E-state index contributed by atoms with van der Waals surface area (Å²) in [7, 11) is 0. The van der Waals surface area contributed by atoms with Crippen LogP contribution in [-0.2, 0) is 11.2 Å². The van der Waals surface area contributed by atoms with Gasteiger partial charge in [0, 0.05) is 0 Å². The summed E-state index contributed by atoms with van der Waals surface area (Å²) in [6, 6.07) is 9.06. The van der Waals surface area contributed by atoms with Crippen LogP contribution in [-0.4, -0.2) is 32.2 Å². The number of tetrazole rings is 1. The third-order valence-electron chi connectivity index (χ3n) is 3.11. The number of nitrogens with one attached hydrogen (secondary N) is 1. The smallest absolute Gasteiger partial charge is 0.225 e. The lowest BCUT2D eigenvalue weighted by molar-refractivity contribution is -0.120. The van der Waals surface area contributed by atoms with Gasteiger partial charge in [0.25, 0.3) is 0 Å². The van der Waals surface area contributed by atoms with Gasteiger partial charge in [0.1, 0.15) is 12.4 Å². The van der Waals surface area contributed by atoms with E-state index in [1.807, 2.05) is 38.1 Å². The fourth-order valence-electron chi connectivity index (χ4n) is 2.09. The Bertz CT molecular complexity index is 642. The zero-order valence-corrected chi connectivity index (χ0v) is 12.6. The molecule has 1 atom stereocenters. The predicted molar refractivity (Wildman–Crippen MR) is 79.9 cm³/mol. The van der Waals surface area contributed by atoms with Crippen molar-refractivity contribution in [1.29, 1.82) is 5.26 Å². The molecule has 1 amide bonds. The first-order valence-corrected chi connectivity index (χ1v) is 7.09. The van der Waals surface area contributed by atoms with Crippen LogP contribution in [0.3, 0.4) is 0 Å². The number of nitriles is 1. The summed E-state index contributed by atoms with van der Waals surface area (Å²) in [4.78, 5) is 12.0. The lowest BCUT2D eigenvalue weighted by Crippen LogP contribution is -2.35. The summed E-state index contributed by atoms with van der Waals surface area (Å²) in [5.41, 5.74) is 1.69. The second kappa shape index (κ2) is 7.31. The third kappa shape index (κ3) is 4.38. The van der Waals surface area contributed by atoms with Gasteiger partial charge in [-0.3, -0.25) is 4.79 Å². The minimum absolute atomic E-state index is 0.151. The summed E-state index contributed by atoms with van der Waals surface area (Å²) < 4.78 is 1.54. The van der Waals surface area contributed by atoms with Crippen molar-refractivity contribution in [3.05, 3.63) is 36.2 Å². The summed E-state index contributed by atoms with van der Waals surface area (Å²) in [6.45, 7) is 4.04. The zero-order valence-electron chi connectivity index (χ0n) is 12.6. The number of amides is 1. The highest BCUT2D eigenvalue weighted by Gasteiger charge is 2.13. The van der Waals surface area contributed by atoms with Gasteiger partial charge in [-0.1, -0.05) is 26.0 Å². The number of aromatic nitrogens is 4. The fourth-order valence-corrected chi connectivity index (χ4v) is 2.09. The molecule has 0 saturated heterocycles. The van der Waals surface area contributed by atoms with E-state index in [2.05, 4.69) is 26.9 Å². The second-order valence-electron chi connectivity index (χ2n) is 5.48. The Morgan fingerprint density at radius 1 is 1.36 bits per heavy atom. The zero-order chi connectivity index (χ0) is 15.9. The Balaban J connectivity index is 1.93. The standard InChI is InChI=1S/C15H18N6O/c1-11(2)7-13(9-16)18-15(22)8-12-3-5-14(6-4-12)21-10-17-19-20-21/h3-6,10-11,13H,7-8H2,1-2H3,(H,18,22). The quantitative estimate of drug-likeness (QED) is 0.866. The molecule has 1 N–H and O–H groups in total. The average molecular weight is 298 g/mol. The Morgan fingerprint density at radius 2 is 2.09 bits per heavy atom. The summed E-state index contributed by atoms with van der Waals surface area (Å²) >= 11 is 0. The highest BCUT2D eigenvalue weighted by Crippen LogP contribution is 2.09. The van der Waals surface area contributed by atoms with E-state index < -0.39 is 6.04 Å². The van der Waals surface area contributed by atoms with Gasteiger partial charge in [0.2, 0.25) is 5.91 Å². The maximum Gasteiger partial charge on any atom is 0.225 e. The van der Waals surface area contributed by atoms with Crippen molar-refractivity contribution < 1.29 is 4.79 Å². The van der Waals surface area contributed by atoms with E-state index in [0.29, 0.717) is 12.3 Å². The van der Waals surface area contributed by atoms with Crippen LogP contribution in [0.25, 0.3) is 5.69 Å². The Hall–Kier alpha value is -2.75. The van der Waals surface area contributed by atoms with Crippen LogP contribution in [0.5, 0.6) is 0 Å². The van der Waals surface area contributed by atoms with Crippen molar-refractivity contribution in [3.63, 3.8) is 0 Å². The molecular formula is C15H18N6O. The molecule has 1 unspecified atom stereocenters. The molecule has 7 nitrogen and oxygen atoms in total. The van der Waals surface area contributed by atoms with Crippen molar-refractivity contribution in [2.45, 2.75) is 32.7 Å². The number of hydrogen-bond donors (Lipinski definition) is 1. The number of nitrogens with zero attached hydrogens (tertiary/aromatic N) is 5. The van der Waals surface area contributed by atoms with Crippen molar-refractivity contribution in [2.75, 3.05) is 0 Å². The van der Waals surface area contributed by atoms with E-state index in [1.54, 1.807) is 0 Å². The van der Waals surface area contributed by atoms with Gasteiger partial charge in [-0.05, 0) is 40.5 Å². The third-order valence-corrected chi connectivity index (χ3v) is 3.11. The molecule has 2 aromatic rings. The van der Waals surface area contributed by atoms with Crippen LogP contribution in [0.1, 0.15) is 25.8 Å². The van der Waals surface area contributed by atoms with Crippen LogP contribution in [0.4, 0.5) is 0 Å². The molecule has 0 aliphatic rings. The topological polar surface area (TPSA) is 96.5 Å². The van der Waals surface area contributed by atoms with Gasteiger partial charge in [-0.2, -0.15) is 5.26 Å². The number of carbonyl (C=O) groups excluding carboxylic acids is 1. The van der Waals surface area contributed by atoms with Crippen LogP contribution < -0.4 is 5.32 Å². The van der Waals surface area contributed by atoms with Gasteiger partial charge in [0.15, 0.2) is 0 Å². The van der Waals surface area contributed by atoms with Gasteiger partial charge >= 0.3 is 0 Å². The van der Waals surface area contributed by atoms with Gasteiger partial charge < -0.3 is 5.32 Å². The van der Waals surface area contributed by atoms with Crippen LogP contribution >= 0.6 is 0 Å². The largest absolute Gasteiger partial charge is 0.340 e. The number of rotatable bonds is 6. The van der Waals surface area contributed by atoms with Crippen molar-refractivity contribution >= 4 is 5.91 Å². The molecule has 0 aliphatic heterocycles. The second-order valence-corrected chi connectivity index (χ2v) is 5.48. The summed E-state index contributed by atoms with van der Waals surface area (Å²) in [5.74, 6) is 0.211. The van der Waals surface area contributed by atoms with E-state index in [9.17, 15) is 4.79 Å². The molecular weight excluding hydrogens is 280 g/mol. The maximum atomic E-state index is 12.0. The molecule has 0 radical (unpaired) electrons. The SMILES string of the molecule is CC(C)CC(C#N)NC(=O)Cc1ccc(-n2cnnn2)cc1. The first-order chi connectivity index (χ1) is 10.6. The minimum atomic E-state index is -0.437. The fraction of sp³-hybridized carbons (Fsp3) is 0.400. The molecule has 0 bridgehead atoms. The number of carbonyl (C=O) groups is 1. The van der Waals surface area contributed by atoms with Crippen LogP contribution in [0, 0.1) is 17.2 Å². The Labute approximate surface area is 128 Å². The first kappa shape index (κ1) is 15.6. The molecule has 0 fully saturated rings. The normalized spacial score (nSPS) is 11.9. The molecule has 0 spiro atoms. The molecule has 0 aliphatic carbocycles. The van der Waals surface area contributed by atoms with Gasteiger partial charge in [-0.15, -0.1) is 5.10 Å². The minimum Gasteiger partial charge on any atom is -0.340 e. The molecule has 2 rings (SSSR count). The molecule has 1 aromatic carbocycles. The Morgan fingerprint density at radius 3 is 2.64 bits per heavy atom. The summed E-state index contributed by atoms with van der Waals surface area (Å²) in [5, 5.41) is 22.7. The van der Waals surface area contributed by atoms with E-state index in [-0.39, 0.29) is 12.3 Å². The predicted octanol–water partition coefficient (Wildman–Crippen LogP) is 1.26. The molecule has 1 heterocycles. The molecule has 1 aromatic heterocycles. The lowest BCUT2D eigenvalue weighted by Gasteiger charge is -2.13. The molecule has 7 heteroatoms. The molecule has 22 heavy (non-hydrogen) atoms. The Kier molecular flexibility index (Phi) is 5.20. The molecule has 0 saturated carbocycles. The van der Waals surface area contributed by atoms with Crippen LogP contribution in [0.2, 0.25) is 0 Å². The molecule has 114 valence electrons. The van der Waals surface area contributed by atoms with E-state index in [1.165, 1.54) is 11.0 Å². The van der Waals surface area contributed by atoms with Gasteiger partial charge in [0.05, 0.1) is 18.2 Å². The first-order valence-electron chi connectivity index (χ1n) is 7.09. The highest BCUT2D eigenvalue weighted by atomic mass is 16.1. The number of hydrogen-bond acceptors (Lipinski definition) is 5. The van der Waals surface area contributed by atoms with E-state index in [0.717, 1.165) is 11.3 Å². The van der Waals surface area contributed by atoms with E-state index in [4.69, 9.17) is 5.26 Å². The highest BCUT2D eigenvalue weighted by molar-refractivity contribution is 5.79. The van der Waals surface area contributed by atoms with Crippen molar-refractivity contribution in [3.8, 4) is 11.8 Å². The average Bonchev–Trinajstić information content (AvgIpc) is 3.01.